The number of carbonyl (C=O) groups excluding carboxylic acids is 1. The van der Waals surface area contributed by atoms with Gasteiger partial charge in [0.05, 0.1) is 18.8 Å². The number of hydrogen-bond donors (Lipinski definition) is 3. The lowest BCUT2D eigenvalue weighted by molar-refractivity contribution is -0.123. The van der Waals surface area contributed by atoms with Gasteiger partial charge in [0.15, 0.2) is 0 Å². The number of carbonyl (C=O) groups is 1. The van der Waals surface area contributed by atoms with Crippen molar-refractivity contribution >= 4 is 5.91 Å². The topological polar surface area (TPSA) is 69.6 Å². The molecule has 0 aliphatic heterocycles. The normalized spacial score (nSPS) is 12.8. The van der Waals surface area contributed by atoms with E-state index in [1.165, 1.54) is 263 Å². The zero-order chi connectivity index (χ0) is 42.8. The second-order valence-corrected chi connectivity index (χ2v) is 19.0. The summed E-state index contributed by atoms with van der Waals surface area (Å²) in [6.45, 7) is 4.37. The number of rotatable bonds is 51. The zero-order valence-corrected chi connectivity index (χ0v) is 40.6. The lowest BCUT2D eigenvalue weighted by atomic mass is 10.0. The molecule has 0 aliphatic rings. The van der Waals surface area contributed by atoms with Gasteiger partial charge in [-0.3, -0.25) is 4.79 Å². The van der Waals surface area contributed by atoms with Crippen molar-refractivity contribution in [1.29, 1.82) is 0 Å². The Hall–Kier alpha value is -0.870. The molecule has 0 aromatic rings. The number of nitrogens with one attached hydrogen (secondary N) is 1. The van der Waals surface area contributed by atoms with Gasteiger partial charge in [-0.2, -0.15) is 0 Å². The second kappa shape index (κ2) is 51.5. The maximum absolute atomic E-state index is 12.4. The highest BCUT2D eigenvalue weighted by Gasteiger charge is 2.20. The van der Waals surface area contributed by atoms with Crippen molar-refractivity contribution in [2.24, 2.45) is 0 Å². The molecule has 1 amide bonds. The van der Waals surface area contributed by atoms with Crippen LogP contribution in [0.1, 0.15) is 316 Å². The van der Waals surface area contributed by atoms with Crippen molar-refractivity contribution in [1.82, 2.24) is 5.32 Å². The van der Waals surface area contributed by atoms with Gasteiger partial charge in [0.2, 0.25) is 5.91 Å². The average molecular weight is 832 g/mol. The van der Waals surface area contributed by atoms with E-state index in [0.717, 1.165) is 25.7 Å². The van der Waals surface area contributed by atoms with Gasteiger partial charge in [0.25, 0.3) is 0 Å². The van der Waals surface area contributed by atoms with E-state index in [0.29, 0.717) is 12.8 Å². The molecule has 0 spiro atoms. The fourth-order valence-electron chi connectivity index (χ4n) is 8.83. The van der Waals surface area contributed by atoms with Crippen molar-refractivity contribution in [3.05, 3.63) is 12.2 Å². The van der Waals surface area contributed by atoms with Crippen LogP contribution in [0, 0.1) is 0 Å². The first-order chi connectivity index (χ1) is 29.2. The number of aliphatic hydroxyl groups is 2. The Bertz CT molecular complexity index is 814. The number of hydrogen-bond acceptors (Lipinski definition) is 3. The fourth-order valence-corrected chi connectivity index (χ4v) is 8.83. The molecule has 4 nitrogen and oxygen atoms in total. The Labute approximate surface area is 371 Å². The van der Waals surface area contributed by atoms with Crippen LogP contribution < -0.4 is 5.32 Å². The summed E-state index contributed by atoms with van der Waals surface area (Å²) in [6, 6.07) is -0.530. The van der Waals surface area contributed by atoms with E-state index in [1.807, 2.05) is 0 Å². The molecule has 352 valence electrons. The van der Waals surface area contributed by atoms with Gasteiger partial charge in [0, 0.05) is 6.42 Å². The summed E-state index contributed by atoms with van der Waals surface area (Å²) in [5, 5.41) is 23.1. The summed E-state index contributed by atoms with van der Waals surface area (Å²) in [5.41, 5.74) is 0. The number of aliphatic hydroxyl groups excluding tert-OH is 2. The number of allylic oxidation sites excluding steroid dienone is 2. The van der Waals surface area contributed by atoms with Crippen LogP contribution in [0.2, 0.25) is 0 Å². The lowest BCUT2D eigenvalue weighted by Crippen LogP contribution is -2.45. The zero-order valence-electron chi connectivity index (χ0n) is 40.6. The molecule has 0 saturated heterocycles. The molecule has 0 aromatic carbocycles. The predicted octanol–water partition coefficient (Wildman–Crippen LogP) is 17.8. The molecule has 4 heteroatoms. The Morgan fingerprint density at radius 2 is 0.644 bits per heavy atom. The van der Waals surface area contributed by atoms with Gasteiger partial charge in [-0.1, -0.05) is 283 Å². The molecule has 0 radical (unpaired) electrons. The first-order valence-corrected chi connectivity index (χ1v) is 27.4. The molecular formula is C55H109NO3. The van der Waals surface area contributed by atoms with E-state index < -0.39 is 12.1 Å². The van der Waals surface area contributed by atoms with Crippen LogP contribution in [0.5, 0.6) is 0 Å². The summed E-state index contributed by atoms with van der Waals surface area (Å²) >= 11 is 0. The molecule has 3 N–H and O–H groups in total. The van der Waals surface area contributed by atoms with Gasteiger partial charge in [-0.05, 0) is 38.5 Å². The summed E-state index contributed by atoms with van der Waals surface area (Å²) in [6.07, 6.45) is 66.5. The van der Waals surface area contributed by atoms with Crippen molar-refractivity contribution in [2.75, 3.05) is 6.61 Å². The first kappa shape index (κ1) is 58.1. The van der Waals surface area contributed by atoms with Gasteiger partial charge in [-0.15, -0.1) is 0 Å². The van der Waals surface area contributed by atoms with E-state index in [1.54, 1.807) is 0 Å². The van der Waals surface area contributed by atoms with E-state index in [2.05, 4.69) is 31.3 Å². The number of amides is 1. The van der Waals surface area contributed by atoms with Crippen LogP contribution in [0.3, 0.4) is 0 Å². The fraction of sp³-hybridized carbons (Fsp3) is 0.945. The minimum Gasteiger partial charge on any atom is -0.394 e. The van der Waals surface area contributed by atoms with Crippen molar-refractivity contribution in [3.8, 4) is 0 Å². The first-order valence-electron chi connectivity index (χ1n) is 27.4. The Kier molecular flexibility index (Phi) is 50.7. The minimum atomic E-state index is -0.653. The van der Waals surface area contributed by atoms with Crippen molar-refractivity contribution < 1.29 is 15.0 Å². The minimum absolute atomic E-state index is 0.0266. The standard InChI is InChI=1S/C55H109NO3/c1-3-5-7-9-11-13-15-16-17-18-19-20-21-22-23-24-25-26-27-28-29-30-31-32-33-34-35-36-37-38-39-40-41-43-45-47-49-51-55(59)56-53(52-57)54(58)50-48-46-44-42-14-12-10-8-6-4-2/h18-19,53-54,57-58H,3-17,20-52H2,1-2H3,(H,56,59)/b19-18-. The van der Waals surface area contributed by atoms with Crippen LogP contribution >= 0.6 is 0 Å². The molecule has 0 fully saturated rings. The van der Waals surface area contributed by atoms with Crippen LogP contribution in [0.25, 0.3) is 0 Å². The molecule has 0 bridgehead atoms. The Balaban J connectivity index is 3.32. The molecule has 59 heavy (non-hydrogen) atoms. The second-order valence-electron chi connectivity index (χ2n) is 19.0. The largest absolute Gasteiger partial charge is 0.394 e. The highest BCUT2D eigenvalue weighted by molar-refractivity contribution is 5.76. The highest BCUT2D eigenvalue weighted by Crippen LogP contribution is 2.18. The average Bonchev–Trinajstić information content (AvgIpc) is 3.24. The summed E-state index contributed by atoms with van der Waals surface area (Å²) in [5.74, 6) is -0.0266. The van der Waals surface area contributed by atoms with E-state index in [4.69, 9.17) is 0 Å². The third-order valence-electron chi connectivity index (χ3n) is 13.0. The summed E-state index contributed by atoms with van der Waals surface area (Å²) in [4.78, 5) is 12.4. The van der Waals surface area contributed by atoms with Crippen molar-refractivity contribution in [3.63, 3.8) is 0 Å². The molecule has 2 unspecified atom stereocenters. The Morgan fingerprint density at radius 3 is 0.932 bits per heavy atom. The summed E-state index contributed by atoms with van der Waals surface area (Å²) in [7, 11) is 0. The third kappa shape index (κ3) is 48.0. The molecular weight excluding hydrogens is 723 g/mol. The SMILES string of the molecule is CCCCCCCCCC/C=C\CCCCCCCCCCCCCCCCCCCCCCCCCCCC(=O)NC(CO)C(O)CCCCCCCCCCCC. The summed E-state index contributed by atoms with van der Waals surface area (Å²) < 4.78 is 0. The van der Waals surface area contributed by atoms with Gasteiger partial charge >= 0.3 is 0 Å². The van der Waals surface area contributed by atoms with E-state index in [9.17, 15) is 15.0 Å². The molecule has 0 rings (SSSR count). The molecule has 2 atom stereocenters. The monoisotopic (exact) mass is 832 g/mol. The van der Waals surface area contributed by atoms with Gasteiger partial charge in [-0.25, -0.2) is 0 Å². The van der Waals surface area contributed by atoms with E-state index >= 15 is 0 Å². The van der Waals surface area contributed by atoms with Crippen LogP contribution in [-0.2, 0) is 4.79 Å². The Morgan fingerprint density at radius 1 is 0.390 bits per heavy atom. The maximum Gasteiger partial charge on any atom is 0.220 e. The third-order valence-corrected chi connectivity index (χ3v) is 13.0. The lowest BCUT2D eigenvalue weighted by Gasteiger charge is -2.22. The molecule has 0 saturated carbocycles. The molecule has 0 aromatic heterocycles. The molecule has 0 heterocycles. The maximum atomic E-state index is 12.4. The van der Waals surface area contributed by atoms with Gasteiger partial charge < -0.3 is 15.5 Å². The predicted molar refractivity (Wildman–Crippen MR) is 263 cm³/mol. The van der Waals surface area contributed by atoms with E-state index in [-0.39, 0.29) is 12.5 Å². The quantitative estimate of drug-likeness (QED) is 0.0422. The number of unbranched alkanes of at least 4 members (excludes halogenated alkanes) is 42. The molecule has 0 aliphatic carbocycles. The smallest absolute Gasteiger partial charge is 0.220 e. The highest BCUT2D eigenvalue weighted by atomic mass is 16.3. The van der Waals surface area contributed by atoms with Crippen LogP contribution in [0.4, 0.5) is 0 Å². The van der Waals surface area contributed by atoms with Crippen LogP contribution in [0.15, 0.2) is 12.2 Å². The van der Waals surface area contributed by atoms with Crippen molar-refractivity contribution in [2.45, 2.75) is 328 Å². The van der Waals surface area contributed by atoms with Crippen LogP contribution in [-0.4, -0.2) is 34.9 Å². The van der Waals surface area contributed by atoms with Gasteiger partial charge in [0.1, 0.15) is 0 Å².